The number of rotatable bonds is 3. The Morgan fingerprint density at radius 3 is 2.13 bits per heavy atom. The van der Waals surface area contributed by atoms with Crippen LogP contribution in [0.4, 0.5) is 11.4 Å². The van der Waals surface area contributed by atoms with E-state index < -0.39 is 0 Å². The number of benzene rings is 2. The minimum absolute atomic E-state index is 0. The molecule has 0 saturated carbocycles. The van der Waals surface area contributed by atoms with Crippen LogP contribution in [-0.2, 0) is 0 Å². The van der Waals surface area contributed by atoms with Gasteiger partial charge >= 0.3 is 0 Å². The number of hydrogen-bond acceptors (Lipinski definition) is 4. The summed E-state index contributed by atoms with van der Waals surface area (Å²) in [7, 11) is 4.09. The average molecular weight is 537 g/mol. The first kappa shape index (κ1) is 37.8. The van der Waals surface area contributed by atoms with Crippen LogP contribution >= 0.6 is 0 Å². The van der Waals surface area contributed by atoms with Crippen molar-refractivity contribution in [3.63, 3.8) is 0 Å². The van der Waals surface area contributed by atoms with E-state index in [9.17, 15) is 0 Å². The molecule has 1 aliphatic carbocycles. The van der Waals surface area contributed by atoms with E-state index in [2.05, 4.69) is 78.4 Å². The number of aryl methyl sites for hydroxylation is 1. The van der Waals surface area contributed by atoms with Crippen molar-refractivity contribution in [1.29, 1.82) is 0 Å². The summed E-state index contributed by atoms with van der Waals surface area (Å²) in [6.45, 7) is 14.1. The van der Waals surface area contributed by atoms with Gasteiger partial charge in [0, 0.05) is 14.1 Å². The number of hydrogen-bond donors (Lipinski definition) is 0. The van der Waals surface area contributed by atoms with Crippen LogP contribution in [0.2, 0.25) is 0 Å². The lowest BCUT2D eigenvalue weighted by atomic mass is 9.99. The van der Waals surface area contributed by atoms with Crippen LogP contribution in [0.1, 0.15) is 87.8 Å². The predicted octanol–water partition coefficient (Wildman–Crippen LogP) is 10.8. The minimum atomic E-state index is -0.140. The Balaban J connectivity index is 0. The highest BCUT2D eigenvalue weighted by molar-refractivity contribution is 5.79. The fourth-order valence-corrected chi connectivity index (χ4v) is 4.07. The van der Waals surface area contributed by atoms with Crippen LogP contribution in [0, 0.1) is 6.92 Å². The van der Waals surface area contributed by atoms with Gasteiger partial charge in [-0.15, -0.1) is 0 Å². The van der Waals surface area contributed by atoms with Crippen LogP contribution in [0.3, 0.4) is 0 Å². The van der Waals surface area contributed by atoms with E-state index in [1.54, 1.807) is 0 Å². The summed E-state index contributed by atoms with van der Waals surface area (Å²) in [5.74, 6) is 2.62. The van der Waals surface area contributed by atoms with Crippen molar-refractivity contribution >= 4 is 16.9 Å². The maximum Gasteiger partial charge on any atom is 0.200 e. The zero-order chi connectivity index (χ0) is 26.7. The Bertz CT molecular complexity index is 1110. The van der Waals surface area contributed by atoms with Crippen molar-refractivity contribution in [3.05, 3.63) is 89.9 Å². The molecule has 1 atom stereocenters. The van der Waals surface area contributed by atoms with E-state index in [4.69, 9.17) is 9.47 Å². The summed E-state index contributed by atoms with van der Waals surface area (Å²) < 4.78 is 12.1. The maximum atomic E-state index is 6.15. The molecule has 0 spiro atoms. The second kappa shape index (κ2) is 18.8. The molecule has 2 aliphatic heterocycles. The van der Waals surface area contributed by atoms with Crippen molar-refractivity contribution < 1.29 is 9.47 Å². The number of likely N-dealkylation sites (N-methyl/N-ethyl adjacent to an activating group) is 1. The SMILES string of the molecule is C.C.C.CC.CC.CC.Cc1ccc2c(c1)N(C)C(=CC=CC1Oc3ccc(C4=CCCC=C4)cc3N1C)O2. The quantitative estimate of drug-likeness (QED) is 0.389. The summed E-state index contributed by atoms with van der Waals surface area (Å²) in [4.78, 5) is 4.23. The lowest BCUT2D eigenvalue weighted by Crippen LogP contribution is -2.28. The van der Waals surface area contributed by atoms with Crippen molar-refractivity contribution in [3.8, 4) is 11.5 Å². The molecule has 2 aromatic rings. The number of anilines is 2. The molecule has 4 heteroatoms. The summed E-state index contributed by atoms with van der Waals surface area (Å²) in [5.41, 5.74) is 5.96. The Hall–Kier alpha value is -3.40. The fourth-order valence-electron chi connectivity index (χ4n) is 4.07. The molecular formula is C35H56N2O2. The number of ether oxygens (including phenoxy) is 2. The molecule has 0 aromatic heterocycles. The van der Waals surface area contributed by atoms with Gasteiger partial charge in [-0.2, -0.15) is 0 Å². The van der Waals surface area contributed by atoms with Gasteiger partial charge in [0.25, 0.3) is 0 Å². The standard InChI is InChI=1S/C26H26N2O2.3C2H6.3CH4/c1-18-12-14-23-21(16-18)27(2)25(29-23)10-7-11-26-28(3)22-17-20(13-15-24(22)30-26)19-8-5-4-6-9-19;3*1-2;;;/h5,7-17,26H,4,6H2,1-3H3;3*1-2H3;3*1H4. The van der Waals surface area contributed by atoms with Gasteiger partial charge in [-0.1, -0.05) is 100 Å². The molecule has 4 nitrogen and oxygen atoms in total. The Labute approximate surface area is 241 Å². The van der Waals surface area contributed by atoms with Crippen molar-refractivity contribution in [2.24, 2.45) is 0 Å². The first-order valence-electron chi connectivity index (χ1n) is 13.4. The van der Waals surface area contributed by atoms with E-state index >= 15 is 0 Å². The maximum absolute atomic E-state index is 6.15. The highest BCUT2D eigenvalue weighted by atomic mass is 16.5. The molecule has 1 unspecified atom stereocenters. The first-order valence-corrected chi connectivity index (χ1v) is 13.4. The van der Waals surface area contributed by atoms with Crippen molar-refractivity contribution in [2.45, 2.75) is 89.8 Å². The van der Waals surface area contributed by atoms with E-state index in [0.29, 0.717) is 0 Å². The third-order valence-corrected chi connectivity index (χ3v) is 5.83. The summed E-state index contributed by atoms with van der Waals surface area (Å²) in [6.07, 6.45) is 14.9. The summed E-state index contributed by atoms with van der Waals surface area (Å²) in [5, 5.41) is 0. The zero-order valence-electron chi connectivity index (χ0n) is 23.6. The van der Waals surface area contributed by atoms with Gasteiger partial charge in [0.1, 0.15) is 5.75 Å². The molecule has 3 aliphatic rings. The van der Waals surface area contributed by atoms with Crippen molar-refractivity contribution in [2.75, 3.05) is 23.9 Å². The Morgan fingerprint density at radius 2 is 1.49 bits per heavy atom. The fraction of sp³-hybridized carbons (Fsp3) is 0.429. The second-order valence-corrected chi connectivity index (χ2v) is 7.96. The van der Waals surface area contributed by atoms with Gasteiger partial charge in [-0.3, -0.25) is 0 Å². The molecule has 0 fully saturated rings. The molecule has 0 saturated heterocycles. The lowest BCUT2D eigenvalue weighted by Gasteiger charge is -2.17. The highest BCUT2D eigenvalue weighted by Crippen LogP contribution is 2.40. The van der Waals surface area contributed by atoms with Gasteiger partial charge in [-0.25, -0.2) is 0 Å². The monoisotopic (exact) mass is 536 g/mol. The Morgan fingerprint density at radius 1 is 0.821 bits per heavy atom. The molecule has 0 amide bonds. The van der Waals surface area contributed by atoms with Gasteiger partial charge < -0.3 is 19.3 Å². The smallest absolute Gasteiger partial charge is 0.200 e. The highest BCUT2D eigenvalue weighted by Gasteiger charge is 2.27. The molecule has 39 heavy (non-hydrogen) atoms. The average Bonchev–Trinajstić information content (AvgIpc) is 3.43. The third-order valence-electron chi connectivity index (χ3n) is 5.83. The molecule has 218 valence electrons. The zero-order valence-corrected chi connectivity index (χ0v) is 23.6. The van der Waals surface area contributed by atoms with E-state index in [-0.39, 0.29) is 28.5 Å². The third kappa shape index (κ3) is 8.81. The molecule has 0 bridgehead atoms. The largest absolute Gasteiger partial charge is 0.465 e. The number of nitrogens with zero attached hydrogens (tertiary/aromatic N) is 2. The molecule has 2 heterocycles. The van der Waals surface area contributed by atoms with Gasteiger partial charge in [0.05, 0.1) is 11.4 Å². The van der Waals surface area contributed by atoms with Crippen molar-refractivity contribution in [1.82, 2.24) is 0 Å². The van der Waals surface area contributed by atoms with E-state index in [1.807, 2.05) is 66.8 Å². The molecule has 0 radical (unpaired) electrons. The van der Waals surface area contributed by atoms with Crippen LogP contribution in [0.5, 0.6) is 11.5 Å². The van der Waals surface area contributed by atoms with Gasteiger partial charge in [0.15, 0.2) is 17.9 Å². The number of fused-ring (bicyclic) bond motifs is 2. The first-order chi connectivity index (χ1) is 17.6. The predicted molar refractivity (Wildman–Crippen MR) is 177 cm³/mol. The van der Waals surface area contributed by atoms with Crippen LogP contribution < -0.4 is 19.3 Å². The normalized spacial score (nSPS) is 16.6. The summed E-state index contributed by atoms with van der Waals surface area (Å²) >= 11 is 0. The lowest BCUT2D eigenvalue weighted by molar-refractivity contribution is 0.279. The van der Waals surface area contributed by atoms with Crippen LogP contribution in [0.15, 0.2) is 78.7 Å². The minimum Gasteiger partial charge on any atom is -0.465 e. The van der Waals surface area contributed by atoms with Gasteiger partial charge in [-0.05, 0) is 72.9 Å². The summed E-state index contributed by atoms with van der Waals surface area (Å²) in [6, 6.07) is 12.7. The van der Waals surface area contributed by atoms with Gasteiger partial charge in [0.2, 0.25) is 0 Å². The van der Waals surface area contributed by atoms with Crippen LogP contribution in [0.25, 0.3) is 5.57 Å². The topological polar surface area (TPSA) is 24.9 Å². The Kier molecular flexibility index (Phi) is 18.2. The molecule has 2 aromatic carbocycles. The van der Waals surface area contributed by atoms with Crippen LogP contribution in [-0.4, -0.2) is 20.3 Å². The number of allylic oxidation sites excluding steroid dienone is 6. The van der Waals surface area contributed by atoms with E-state index in [1.165, 1.54) is 16.7 Å². The van der Waals surface area contributed by atoms with E-state index in [0.717, 1.165) is 41.6 Å². The molecular weight excluding hydrogens is 480 g/mol. The molecule has 0 N–H and O–H groups in total. The molecule has 5 rings (SSSR count). The second-order valence-electron chi connectivity index (χ2n) is 7.96.